The topological polar surface area (TPSA) is 194 Å². The van der Waals surface area contributed by atoms with E-state index in [9.17, 15) is 0 Å². The Bertz CT molecular complexity index is 8300. The van der Waals surface area contributed by atoms with E-state index in [4.69, 9.17) is 68.1 Å². The van der Waals surface area contributed by atoms with Crippen LogP contribution in [-0.2, 0) is 0 Å². The second-order valence-corrected chi connectivity index (χ2v) is 33.3. The first-order valence-electron chi connectivity index (χ1n) is 44.7. The highest BCUT2D eigenvalue weighted by Crippen LogP contribution is 2.46. The van der Waals surface area contributed by atoms with Gasteiger partial charge in [-0.2, -0.15) is 0 Å². The third-order valence-corrected chi connectivity index (χ3v) is 25.0. The van der Waals surface area contributed by atoms with Gasteiger partial charge in [-0.3, -0.25) is 9.97 Å². The minimum Gasteiger partial charge on any atom is -0.456 e. The zero-order chi connectivity index (χ0) is 89.2. The van der Waals surface area contributed by atoms with Gasteiger partial charge >= 0.3 is 0 Å². The van der Waals surface area contributed by atoms with Crippen molar-refractivity contribution in [3.8, 4) is 136 Å². The molecular weight excluding hydrogens is 1660 g/mol. The summed E-state index contributed by atoms with van der Waals surface area (Å²) in [5, 5.41) is 16.4. The molecule has 0 radical (unpaired) electrons. The third-order valence-electron chi connectivity index (χ3n) is 25.0. The molecule has 0 aliphatic rings. The molecule has 0 bridgehead atoms. The Morgan fingerprint density at radius 3 is 0.956 bits per heavy atom. The van der Waals surface area contributed by atoms with Crippen molar-refractivity contribution in [1.29, 1.82) is 0 Å². The van der Waals surface area contributed by atoms with Gasteiger partial charge in [-0.05, 0) is 138 Å². The Morgan fingerprint density at radius 2 is 0.481 bits per heavy atom. The van der Waals surface area contributed by atoms with E-state index in [0.29, 0.717) is 52.4 Å². The molecule has 0 N–H and O–H groups in total. The summed E-state index contributed by atoms with van der Waals surface area (Å²) in [5.74, 6) is 5.77. The molecule has 15 nitrogen and oxygen atoms in total. The molecule has 0 saturated heterocycles. The number of nitrogens with zero attached hydrogens (tertiary/aromatic N) is 12. The van der Waals surface area contributed by atoms with E-state index in [1.807, 2.05) is 249 Å². The van der Waals surface area contributed by atoms with Crippen LogP contribution in [-0.4, -0.2) is 59.8 Å². The molecule has 0 fully saturated rings. The van der Waals surface area contributed by atoms with Gasteiger partial charge in [-0.1, -0.05) is 346 Å². The van der Waals surface area contributed by atoms with Crippen molar-refractivity contribution >= 4 is 131 Å². The molecule has 0 amide bonds. The van der Waals surface area contributed by atoms with Gasteiger partial charge in [0.05, 0.1) is 27.5 Å². The minimum absolute atomic E-state index is 0.628. The number of fused-ring (bicyclic) bond motifs is 15. The van der Waals surface area contributed by atoms with Crippen molar-refractivity contribution in [3.63, 3.8) is 0 Å². The van der Waals surface area contributed by atoms with Gasteiger partial charge in [-0.15, -0.1) is 0 Å². The van der Waals surface area contributed by atoms with E-state index in [0.717, 1.165) is 209 Å². The zero-order valence-corrected chi connectivity index (χ0v) is 72.2. The fraction of sp³-hybridized carbons (Fsp3) is 0. The van der Waals surface area contributed by atoms with E-state index in [2.05, 4.69) is 193 Å². The van der Waals surface area contributed by atoms with Crippen LogP contribution in [0.2, 0.25) is 0 Å². The van der Waals surface area contributed by atoms with Crippen LogP contribution in [0.5, 0.6) is 0 Å². The monoisotopic (exact) mass is 1730 g/mol. The summed E-state index contributed by atoms with van der Waals surface area (Å²) in [6.07, 6.45) is 3.64. The standard InChI is InChI=1S/3C40H24N4O/c1-3-10-25(11-4-1)38-42-39(26-12-5-2-6-13-26)44-40(43-38)29-19-20-30-27(22-29)14-7-16-31(30)32-17-8-18-35-37(32)33-23-28-15-9-21-41-34(28)24-36(33)45-35;1-3-11-25(12-4-1)38-42-39(26-13-5-2-6-14-26)44-40(43-38)29-21-22-30-27(23-29)16-9-17-31(30)32-18-10-20-34-36(32)37-35(45-34)24-28-15-7-8-19-33(28)41-37;1-3-10-25(11-4-1)38-42-39(26-12-5-2-6-13-26)44-40(43-38)30-18-19-31-29(22-30)16-9-17-32(31)37-36-33-23-27-14-7-8-15-28(27)24-35(33)45-34(36)20-21-41-37/h3*1-24H. The average Bonchev–Trinajstić information content (AvgIpc) is 1.62. The summed E-state index contributed by atoms with van der Waals surface area (Å²) in [7, 11) is 0. The van der Waals surface area contributed by atoms with Crippen molar-refractivity contribution in [1.82, 2.24) is 59.8 Å². The van der Waals surface area contributed by atoms with Gasteiger partial charge in [0.15, 0.2) is 58.0 Å². The van der Waals surface area contributed by atoms with Gasteiger partial charge < -0.3 is 13.3 Å². The minimum atomic E-state index is 0.628. The number of pyridine rings is 3. The Labute approximate surface area is 771 Å². The van der Waals surface area contributed by atoms with Crippen molar-refractivity contribution in [2.75, 3.05) is 0 Å². The number of hydrogen-bond donors (Lipinski definition) is 0. The van der Waals surface area contributed by atoms with Crippen molar-refractivity contribution < 1.29 is 13.3 Å². The molecule has 9 heterocycles. The lowest BCUT2D eigenvalue weighted by Gasteiger charge is -2.11. The van der Waals surface area contributed by atoms with Crippen LogP contribution in [0.25, 0.3) is 267 Å². The Balaban J connectivity index is 0.000000108. The second-order valence-electron chi connectivity index (χ2n) is 33.3. The molecule has 15 heteroatoms. The number of furan rings is 3. The first-order valence-corrected chi connectivity index (χ1v) is 44.7. The van der Waals surface area contributed by atoms with Gasteiger partial charge in [0, 0.05) is 101 Å². The first kappa shape index (κ1) is 78.6. The molecule has 27 aromatic rings. The summed E-state index contributed by atoms with van der Waals surface area (Å²) >= 11 is 0. The number of hydrogen-bond acceptors (Lipinski definition) is 15. The number of benzene rings is 18. The predicted molar refractivity (Wildman–Crippen MR) is 545 cm³/mol. The average molecular weight is 1730 g/mol. The highest BCUT2D eigenvalue weighted by Gasteiger charge is 2.24. The lowest BCUT2D eigenvalue weighted by Crippen LogP contribution is -2.00. The molecule has 18 aromatic carbocycles. The summed E-state index contributed by atoms with van der Waals surface area (Å²) in [6.45, 7) is 0. The maximum atomic E-state index is 6.34. The molecule has 630 valence electrons. The van der Waals surface area contributed by atoms with E-state index in [-0.39, 0.29) is 0 Å². The maximum Gasteiger partial charge on any atom is 0.164 e. The predicted octanol–water partition coefficient (Wildman–Crippen LogP) is 30.4. The normalized spacial score (nSPS) is 11.6. The zero-order valence-electron chi connectivity index (χ0n) is 72.2. The van der Waals surface area contributed by atoms with Gasteiger partial charge in [0.1, 0.15) is 33.4 Å². The maximum absolute atomic E-state index is 6.34. The summed E-state index contributed by atoms with van der Waals surface area (Å²) in [5.41, 5.74) is 22.6. The fourth-order valence-electron chi connectivity index (χ4n) is 18.5. The summed E-state index contributed by atoms with van der Waals surface area (Å²) in [6, 6.07) is 144. The van der Waals surface area contributed by atoms with Crippen LogP contribution in [0, 0.1) is 0 Å². The van der Waals surface area contributed by atoms with Crippen LogP contribution in [0.4, 0.5) is 0 Å². The number of rotatable bonds is 12. The lowest BCUT2D eigenvalue weighted by atomic mass is 9.93. The Hall–Kier alpha value is -18.6. The van der Waals surface area contributed by atoms with E-state index in [1.54, 1.807) is 0 Å². The molecule has 27 rings (SSSR count). The van der Waals surface area contributed by atoms with Gasteiger partial charge in [0.25, 0.3) is 0 Å². The van der Waals surface area contributed by atoms with Gasteiger partial charge in [-0.25, -0.2) is 49.8 Å². The molecule has 9 aromatic heterocycles. The van der Waals surface area contributed by atoms with Crippen LogP contribution in [0.3, 0.4) is 0 Å². The van der Waals surface area contributed by atoms with Crippen LogP contribution in [0.15, 0.2) is 450 Å². The molecule has 0 unspecified atom stereocenters. The van der Waals surface area contributed by atoms with E-state index >= 15 is 0 Å². The highest BCUT2D eigenvalue weighted by atomic mass is 16.3. The smallest absolute Gasteiger partial charge is 0.164 e. The lowest BCUT2D eigenvalue weighted by molar-refractivity contribution is 0.668. The molecule has 0 aliphatic carbocycles. The quantitative estimate of drug-likeness (QED) is 0.112. The summed E-state index contributed by atoms with van der Waals surface area (Å²) in [4.78, 5) is 58.6. The van der Waals surface area contributed by atoms with Crippen LogP contribution >= 0.6 is 0 Å². The Kier molecular flexibility index (Phi) is 19.5. The number of aromatic nitrogens is 12. The van der Waals surface area contributed by atoms with E-state index < -0.39 is 0 Å². The molecular formula is C120H72N12O3. The van der Waals surface area contributed by atoms with Crippen LogP contribution < -0.4 is 0 Å². The SMILES string of the molecule is c1ccc(-c2nc(-c3ccccc3)nc(-c3ccc4c(-c5cccc6oc7cc8ccccc8nc7c56)cccc4c3)n2)cc1.c1ccc(-c2nc(-c3ccccc3)nc(-c3ccc4c(-c5cccc6oc7cc8ncccc8cc7c56)cccc4c3)n2)cc1.c1ccc(-c2nc(-c3ccccc3)nc(-c3ccc4c(-c5nccc6oc7cc8ccccc8cc7c56)cccc4c3)n2)cc1. The van der Waals surface area contributed by atoms with Crippen LogP contribution in [0.1, 0.15) is 0 Å². The molecule has 0 atom stereocenters. The highest BCUT2D eigenvalue weighted by molar-refractivity contribution is 6.20. The molecule has 0 aliphatic heterocycles. The molecule has 0 spiro atoms. The largest absolute Gasteiger partial charge is 0.456 e. The van der Waals surface area contributed by atoms with Crippen molar-refractivity contribution in [3.05, 3.63) is 437 Å². The molecule has 135 heavy (non-hydrogen) atoms. The van der Waals surface area contributed by atoms with Gasteiger partial charge in [0.2, 0.25) is 0 Å². The molecule has 0 saturated carbocycles. The summed E-state index contributed by atoms with van der Waals surface area (Å²) < 4.78 is 19.0. The van der Waals surface area contributed by atoms with Crippen molar-refractivity contribution in [2.45, 2.75) is 0 Å². The Morgan fingerprint density at radius 1 is 0.156 bits per heavy atom. The van der Waals surface area contributed by atoms with E-state index in [1.165, 1.54) is 5.39 Å². The number of para-hydroxylation sites is 1. The first-order chi connectivity index (χ1) is 66.8. The van der Waals surface area contributed by atoms with Crippen molar-refractivity contribution in [2.24, 2.45) is 0 Å². The fourth-order valence-corrected chi connectivity index (χ4v) is 18.5. The second kappa shape index (κ2) is 33.5. The third kappa shape index (κ3) is 14.7.